The second-order valence-electron chi connectivity index (χ2n) is 6.08. The summed E-state index contributed by atoms with van der Waals surface area (Å²) in [6.45, 7) is 5.94. The highest BCUT2D eigenvalue weighted by molar-refractivity contribution is 5.97. The van der Waals surface area contributed by atoms with Gasteiger partial charge in [0.2, 0.25) is 0 Å². The number of nitrogens with zero attached hydrogens (tertiary/aromatic N) is 1. The van der Waals surface area contributed by atoms with E-state index >= 15 is 4.39 Å². The van der Waals surface area contributed by atoms with Gasteiger partial charge in [0.25, 0.3) is 0 Å². The summed E-state index contributed by atoms with van der Waals surface area (Å²) in [5.74, 6) is -1.04. The molecule has 1 atom stereocenters. The van der Waals surface area contributed by atoms with Crippen LogP contribution in [0.25, 0.3) is 0 Å². The van der Waals surface area contributed by atoms with Crippen molar-refractivity contribution in [3.63, 3.8) is 0 Å². The van der Waals surface area contributed by atoms with Gasteiger partial charge in [0, 0.05) is 22.9 Å². The van der Waals surface area contributed by atoms with E-state index in [0.717, 1.165) is 0 Å². The molecular weight excluding hydrogens is 393 g/mol. The molecule has 4 N–H and O–H groups in total. The number of amidine groups is 1. The lowest BCUT2D eigenvalue weighted by Crippen LogP contribution is -2.25. The minimum atomic E-state index is -1.15. The monoisotopic (exact) mass is 419 g/mol. The maximum absolute atomic E-state index is 15.2. The predicted octanol–water partition coefficient (Wildman–Crippen LogP) is 3.43. The zero-order chi connectivity index (χ0) is 22.1. The van der Waals surface area contributed by atoms with Crippen LogP contribution in [-0.2, 0) is 9.53 Å². The van der Waals surface area contributed by atoms with Crippen LogP contribution in [0.1, 0.15) is 37.9 Å². The van der Waals surface area contributed by atoms with Crippen LogP contribution in [0.3, 0.4) is 0 Å². The Morgan fingerprint density at radius 2 is 1.80 bits per heavy atom. The fourth-order valence-corrected chi connectivity index (χ4v) is 2.76. The van der Waals surface area contributed by atoms with E-state index in [1.165, 1.54) is 12.1 Å². The first-order valence-electron chi connectivity index (χ1n) is 9.55. The molecule has 30 heavy (non-hydrogen) atoms. The molecule has 0 saturated heterocycles. The van der Waals surface area contributed by atoms with Crippen molar-refractivity contribution in [2.75, 3.05) is 25.1 Å². The van der Waals surface area contributed by atoms with Gasteiger partial charge in [-0.25, -0.2) is 9.18 Å². The van der Waals surface area contributed by atoms with Crippen molar-refractivity contribution in [2.24, 2.45) is 10.9 Å². The number of anilines is 1. The highest BCUT2D eigenvalue weighted by atomic mass is 19.1. The van der Waals surface area contributed by atoms with Crippen molar-refractivity contribution in [2.45, 2.75) is 26.8 Å². The summed E-state index contributed by atoms with van der Waals surface area (Å²) >= 11 is 0. The summed E-state index contributed by atoms with van der Waals surface area (Å²) in [4.78, 5) is 12.7. The minimum Gasteiger partial charge on any atom is -0.494 e. The van der Waals surface area contributed by atoms with E-state index in [1.807, 2.05) is 0 Å². The molecule has 162 valence electrons. The van der Waals surface area contributed by atoms with Crippen molar-refractivity contribution in [3.05, 3.63) is 53.3 Å². The van der Waals surface area contributed by atoms with Crippen LogP contribution in [0.4, 0.5) is 10.1 Å². The Morgan fingerprint density at radius 1 is 1.13 bits per heavy atom. The molecule has 0 spiro atoms. The summed E-state index contributed by atoms with van der Waals surface area (Å²) < 4.78 is 31.2. The fourth-order valence-electron chi connectivity index (χ4n) is 2.76. The van der Waals surface area contributed by atoms with Gasteiger partial charge >= 0.3 is 5.97 Å². The molecule has 0 saturated carbocycles. The Labute approximate surface area is 174 Å². The molecule has 0 bridgehead atoms. The second-order valence-corrected chi connectivity index (χ2v) is 6.08. The largest absolute Gasteiger partial charge is 0.494 e. The summed E-state index contributed by atoms with van der Waals surface area (Å²) in [6.07, 6.45) is 0. The van der Waals surface area contributed by atoms with E-state index in [1.54, 1.807) is 45.0 Å². The summed E-state index contributed by atoms with van der Waals surface area (Å²) in [5.41, 5.74) is 6.58. The molecule has 0 amide bonds. The van der Waals surface area contributed by atoms with Crippen LogP contribution in [-0.4, -0.2) is 36.8 Å². The molecule has 8 nitrogen and oxygen atoms in total. The molecule has 2 aromatic rings. The molecule has 9 heteroatoms. The van der Waals surface area contributed by atoms with Crippen molar-refractivity contribution >= 4 is 17.5 Å². The molecule has 0 unspecified atom stereocenters. The SMILES string of the molecule is CCOC(=O)[C@H](Nc1ccc(C(N)=NO)cc1)c1cc(OCC)cc(OCC)c1F. The standard InChI is InChI=1S/C21H26FN3O5/c1-4-28-15-11-16(18(22)17(12-15)29-5-2)19(21(26)30-6-3)24-14-9-7-13(8-10-14)20(23)25-27/h7-12,19,24,27H,4-6H2,1-3H3,(H2,23,25)/t19-/m1/s1. The Kier molecular flexibility index (Phi) is 8.28. The smallest absolute Gasteiger partial charge is 0.333 e. The van der Waals surface area contributed by atoms with Crippen molar-refractivity contribution < 1.29 is 28.6 Å². The molecule has 0 aromatic heterocycles. The Bertz CT molecular complexity index is 887. The third-order valence-electron chi connectivity index (χ3n) is 4.08. The molecule has 0 aliphatic heterocycles. The first-order chi connectivity index (χ1) is 14.4. The first kappa shape index (κ1) is 22.8. The van der Waals surface area contributed by atoms with Gasteiger partial charge in [-0.15, -0.1) is 0 Å². The number of carbonyl (C=O) groups is 1. The Hall–Kier alpha value is -3.49. The van der Waals surface area contributed by atoms with E-state index in [-0.39, 0.29) is 30.4 Å². The topological polar surface area (TPSA) is 115 Å². The summed E-state index contributed by atoms with van der Waals surface area (Å²) in [7, 11) is 0. The van der Waals surface area contributed by atoms with E-state index in [9.17, 15) is 4.79 Å². The lowest BCUT2D eigenvalue weighted by molar-refractivity contribution is -0.144. The number of esters is 1. The van der Waals surface area contributed by atoms with Crippen LogP contribution in [0, 0.1) is 5.82 Å². The van der Waals surface area contributed by atoms with Gasteiger partial charge in [-0.2, -0.15) is 0 Å². The van der Waals surface area contributed by atoms with Gasteiger partial charge in [0.15, 0.2) is 23.4 Å². The Morgan fingerprint density at radius 3 is 2.37 bits per heavy atom. The third-order valence-corrected chi connectivity index (χ3v) is 4.08. The highest BCUT2D eigenvalue weighted by Crippen LogP contribution is 2.33. The van der Waals surface area contributed by atoms with Crippen molar-refractivity contribution in [3.8, 4) is 11.5 Å². The molecule has 0 fully saturated rings. The molecule has 0 radical (unpaired) electrons. The summed E-state index contributed by atoms with van der Waals surface area (Å²) in [5, 5.41) is 14.7. The first-order valence-corrected chi connectivity index (χ1v) is 9.55. The van der Waals surface area contributed by atoms with E-state index in [0.29, 0.717) is 23.6 Å². The van der Waals surface area contributed by atoms with Gasteiger partial charge in [-0.1, -0.05) is 5.16 Å². The number of oxime groups is 1. The van der Waals surface area contributed by atoms with Gasteiger partial charge in [-0.3, -0.25) is 0 Å². The van der Waals surface area contributed by atoms with Crippen molar-refractivity contribution in [1.82, 2.24) is 0 Å². The second kappa shape index (κ2) is 10.9. The number of benzene rings is 2. The van der Waals surface area contributed by atoms with E-state index in [2.05, 4.69) is 10.5 Å². The summed E-state index contributed by atoms with van der Waals surface area (Å²) in [6, 6.07) is 8.16. The third kappa shape index (κ3) is 5.53. The lowest BCUT2D eigenvalue weighted by Gasteiger charge is -2.21. The molecule has 2 rings (SSSR count). The molecule has 2 aromatic carbocycles. The van der Waals surface area contributed by atoms with E-state index < -0.39 is 17.8 Å². The maximum Gasteiger partial charge on any atom is 0.333 e. The van der Waals surface area contributed by atoms with E-state index in [4.69, 9.17) is 25.2 Å². The normalized spacial score (nSPS) is 12.2. The fraction of sp³-hybridized carbons (Fsp3) is 0.333. The number of nitrogens with one attached hydrogen (secondary N) is 1. The Balaban J connectivity index is 2.47. The maximum atomic E-state index is 15.2. The predicted molar refractivity (Wildman–Crippen MR) is 111 cm³/mol. The molecule has 0 aliphatic rings. The average Bonchev–Trinajstić information content (AvgIpc) is 2.74. The number of hydrogen-bond donors (Lipinski definition) is 3. The number of halogens is 1. The van der Waals surface area contributed by atoms with Crippen LogP contribution in [0.2, 0.25) is 0 Å². The number of hydrogen-bond acceptors (Lipinski definition) is 7. The van der Waals surface area contributed by atoms with Crippen LogP contribution < -0.4 is 20.5 Å². The zero-order valence-electron chi connectivity index (χ0n) is 17.1. The van der Waals surface area contributed by atoms with Gasteiger partial charge in [0.05, 0.1) is 19.8 Å². The highest BCUT2D eigenvalue weighted by Gasteiger charge is 2.28. The van der Waals surface area contributed by atoms with Gasteiger partial charge in [-0.05, 0) is 51.1 Å². The molecule has 0 aliphatic carbocycles. The average molecular weight is 419 g/mol. The van der Waals surface area contributed by atoms with Crippen LogP contribution >= 0.6 is 0 Å². The number of rotatable bonds is 10. The number of nitrogens with two attached hydrogens (primary N) is 1. The zero-order valence-corrected chi connectivity index (χ0v) is 17.1. The number of ether oxygens (including phenoxy) is 3. The van der Waals surface area contributed by atoms with Gasteiger partial charge in [0.1, 0.15) is 5.75 Å². The van der Waals surface area contributed by atoms with Crippen LogP contribution in [0.5, 0.6) is 11.5 Å². The van der Waals surface area contributed by atoms with Gasteiger partial charge < -0.3 is 30.5 Å². The quantitative estimate of drug-likeness (QED) is 0.178. The lowest BCUT2D eigenvalue weighted by atomic mass is 10.0. The number of carbonyl (C=O) groups excluding carboxylic acids is 1. The molecule has 0 heterocycles. The van der Waals surface area contributed by atoms with Crippen LogP contribution in [0.15, 0.2) is 41.6 Å². The van der Waals surface area contributed by atoms with Crippen molar-refractivity contribution in [1.29, 1.82) is 0 Å². The minimum absolute atomic E-state index is 0.0168. The molecular formula is C21H26FN3O5.